The Labute approximate surface area is 193 Å². The highest BCUT2D eigenvalue weighted by Gasteiger charge is 2.24. The van der Waals surface area contributed by atoms with E-state index >= 15 is 0 Å². The van der Waals surface area contributed by atoms with Crippen LogP contribution in [0.15, 0.2) is 58.6 Å². The normalized spacial score (nSPS) is 11.7. The van der Waals surface area contributed by atoms with Crippen LogP contribution in [-0.2, 0) is 21.9 Å². The Morgan fingerprint density at radius 1 is 1.09 bits per heavy atom. The fourth-order valence-corrected chi connectivity index (χ4v) is 5.68. The molecular weight excluding hydrogens is 446 g/mol. The minimum atomic E-state index is -3.62. The molecule has 10 heteroatoms. The molecule has 8 nitrogen and oxygen atoms in total. The van der Waals surface area contributed by atoms with Gasteiger partial charge in [0.1, 0.15) is 0 Å². The molecule has 0 fully saturated rings. The summed E-state index contributed by atoms with van der Waals surface area (Å²) in [6.07, 6.45) is 0. The molecule has 1 aromatic heterocycles. The van der Waals surface area contributed by atoms with Gasteiger partial charge in [-0.05, 0) is 24.6 Å². The number of benzene rings is 2. The molecule has 3 rings (SSSR count). The zero-order chi connectivity index (χ0) is 23.3. The van der Waals surface area contributed by atoms with E-state index in [-0.39, 0.29) is 16.6 Å². The highest BCUT2D eigenvalue weighted by Crippen LogP contribution is 2.25. The third-order valence-corrected chi connectivity index (χ3v) is 8.21. The molecule has 0 bridgehead atoms. The van der Waals surface area contributed by atoms with Gasteiger partial charge in [-0.25, -0.2) is 8.42 Å². The molecule has 1 heterocycles. The van der Waals surface area contributed by atoms with Crippen LogP contribution in [-0.4, -0.2) is 52.2 Å². The van der Waals surface area contributed by atoms with Gasteiger partial charge in [-0.15, -0.1) is 10.2 Å². The molecule has 0 aliphatic rings. The lowest BCUT2D eigenvalue weighted by molar-refractivity contribution is -0.113. The van der Waals surface area contributed by atoms with Crippen molar-refractivity contribution in [3.8, 4) is 11.4 Å². The maximum absolute atomic E-state index is 12.9. The molecule has 170 valence electrons. The van der Waals surface area contributed by atoms with Gasteiger partial charge in [0.25, 0.3) is 0 Å². The zero-order valence-electron chi connectivity index (χ0n) is 18.6. The summed E-state index contributed by atoms with van der Waals surface area (Å²) >= 11 is 1.27. The van der Waals surface area contributed by atoms with Gasteiger partial charge in [0, 0.05) is 31.4 Å². The van der Waals surface area contributed by atoms with E-state index in [0.717, 1.165) is 11.4 Å². The number of sulfonamides is 1. The molecule has 32 heavy (non-hydrogen) atoms. The first-order valence-electron chi connectivity index (χ1n) is 10.3. The Balaban J connectivity index is 1.69. The second-order valence-corrected chi connectivity index (χ2v) is 9.99. The fraction of sp³-hybridized carbons (Fsp3) is 0.318. The summed E-state index contributed by atoms with van der Waals surface area (Å²) in [4.78, 5) is 12.7. The van der Waals surface area contributed by atoms with Crippen LogP contribution in [0.25, 0.3) is 11.4 Å². The van der Waals surface area contributed by atoms with E-state index < -0.39 is 10.0 Å². The van der Waals surface area contributed by atoms with Gasteiger partial charge in [-0.3, -0.25) is 4.79 Å². The predicted molar refractivity (Wildman–Crippen MR) is 127 cm³/mol. The number of nitrogens with one attached hydrogen (secondary N) is 1. The van der Waals surface area contributed by atoms with E-state index in [1.807, 2.05) is 41.9 Å². The Kier molecular flexibility index (Phi) is 7.70. The van der Waals surface area contributed by atoms with E-state index in [4.69, 9.17) is 0 Å². The minimum absolute atomic E-state index is 0.118. The molecule has 0 atom stereocenters. The van der Waals surface area contributed by atoms with Crippen LogP contribution in [0.5, 0.6) is 0 Å². The highest BCUT2D eigenvalue weighted by atomic mass is 32.2. The van der Waals surface area contributed by atoms with E-state index in [1.165, 1.54) is 22.1 Å². The van der Waals surface area contributed by atoms with Crippen molar-refractivity contribution in [2.24, 2.45) is 7.05 Å². The van der Waals surface area contributed by atoms with Crippen LogP contribution in [0.2, 0.25) is 0 Å². The molecule has 0 saturated carbocycles. The minimum Gasteiger partial charge on any atom is -0.325 e. The first kappa shape index (κ1) is 24.0. The third-order valence-electron chi connectivity index (χ3n) is 4.99. The fourth-order valence-electron chi connectivity index (χ4n) is 3.26. The standard InChI is InChI=1S/C22H27N5O3S2/c1-5-27(6-2)32(29,30)19-14-18(13-12-16(19)3)23-20(28)15-31-22-25-24-21(26(22)4)17-10-8-7-9-11-17/h7-14H,5-6,15H2,1-4H3,(H,23,28). The molecule has 0 spiro atoms. The van der Waals surface area contributed by atoms with Crippen molar-refractivity contribution in [2.45, 2.75) is 30.8 Å². The van der Waals surface area contributed by atoms with Gasteiger partial charge in [0.05, 0.1) is 10.6 Å². The SMILES string of the molecule is CCN(CC)S(=O)(=O)c1cc(NC(=O)CSc2nnc(-c3ccccc3)n2C)ccc1C. The first-order valence-corrected chi connectivity index (χ1v) is 12.7. The third kappa shape index (κ3) is 5.20. The maximum Gasteiger partial charge on any atom is 0.243 e. The number of thioether (sulfide) groups is 1. The van der Waals surface area contributed by atoms with Crippen molar-refractivity contribution < 1.29 is 13.2 Å². The van der Waals surface area contributed by atoms with Gasteiger partial charge >= 0.3 is 0 Å². The van der Waals surface area contributed by atoms with Crippen LogP contribution in [0.1, 0.15) is 19.4 Å². The van der Waals surface area contributed by atoms with Gasteiger partial charge in [-0.2, -0.15) is 4.31 Å². The van der Waals surface area contributed by atoms with Crippen molar-refractivity contribution in [3.63, 3.8) is 0 Å². The summed E-state index contributed by atoms with van der Waals surface area (Å²) in [7, 11) is -1.77. The Bertz CT molecular complexity index is 1190. The summed E-state index contributed by atoms with van der Waals surface area (Å²) < 4.78 is 29.1. The Hall–Kier alpha value is -2.69. The molecule has 0 radical (unpaired) electrons. The number of hydrogen-bond acceptors (Lipinski definition) is 6. The number of hydrogen-bond donors (Lipinski definition) is 1. The van der Waals surface area contributed by atoms with E-state index in [2.05, 4.69) is 15.5 Å². The van der Waals surface area contributed by atoms with Crippen LogP contribution >= 0.6 is 11.8 Å². The van der Waals surface area contributed by atoms with Crippen molar-refractivity contribution in [2.75, 3.05) is 24.2 Å². The number of anilines is 1. The maximum atomic E-state index is 12.9. The quantitative estimate of drug-likeness (QED) is 0.478. The van der Waals surface area contributed by atoms with Gasteiger partial charge in [0.2, 0.25) is 15.9 Å². The summed E-state index contributed by atoms with van der Waals surface area (Å²) in [6, 6.07) is 14.6. The number of aromatic nitrogens is 3. The molecule has 0 saturated heterocycles. The molecule has 0 aliphatic heterocycles. The molecular formula is C22H27N5O3S2. The van der Waals surface area contributed by atoms with E-state index in [1.54, 1.807) is 32.9 Å². The molecule has 1 N–H and O–H groups in total. The smallest absolute Gasteiger partial charge is 0.243 e. The number of aryl methyl sites for hydroxylation is 1. The molecule has 3 aromatic rings. The largest absolute Gasteiger partial charge is 0.325 e. The van der Waals surface area contributed by atoms with Crippen LogP contribution < -0.4 is 5.32 Å². The Morgan fingerprint density at radius 2 is 1.78 bits per heavy atom. The van der Waals surface area contributed by atoms with Gasteiger partial charge < -0.3 is 9.88 Å². The summed E-state index contributed by atoms with van der Waals surface area (Å²) in [6.45, 7) is 6.11. The summed E-state index contributed by atoms with van der Waals surface area (Å²) in [5, 5.41) is 11.8. The Morgan fingerprint density at radius 3 is 2.44 bits per heavy atom. The van der Waals surface area contributed by atoms with Crippen molar-refractivity contribution >= 4 is 33.4 Å². The topological polar surface area (TPSA) is 97.2 Å². The lowest BCUT2D eigenvalue weighted by atomic mass is 10.2. The molecule has 1 amide bonds. The highest BCUT2D eigenvalue weighted by molar-refractivity contribution is 7.99. The summed E-state index contributed by atoms with van der Waals surface area (Å²) in [5.74, 6) is 0.583. The summed E-state index contributed by atoms with van der Waals surface area (Å²) in [5.41, 5.74) is 2.02. The monoisotopic (exact) mass is 473 g/mol. The molecule has 0 unspecified atom stereocenters. The van der Waals surface area contributed by atoms with E-state index in [9.17, 15) is 13.2 Å². The second kappa shape index (κ2) is 10.3. The van der Waals surface area contributed by atoms with Crippen molar-refractivity contribution in [1.82, 2.24) is 19.1 Å². The van der Waals surface area contributed by atoms with Gasteiger partial charge in [-0.1, -0.05) is 62.0 Å². The lowest BCUT2D eigenvalue weighted by Crippen LogP contribution is -2.31. The number of amides is 1. The molecule has 2 aromatic carbocycles. The van der Waals surface area contributed by atoms with Crippen LogP contribution in [0, 0.1) is 6.92 Å². The zero-order valence-corrected chi connectivity index (χ0v) is 20.2. The number of rotatable bonds is 9. The number of carbonyl (C=O) groups is 1. The number of nitrogens with zero attached hydrogens (tertiary/aromatic N) is 4. The average molecular weight is 474 g/mol. The van der Waals surface area contributed by atoms with Crippen LogP contribution in [0.4, 0.5) is 5.69 Å². The predicted octanol–water partition coefficient (Wildman–Crippen LogP) is 3.55. The van der Waals surface area contributed by atoms with Crippen molar-refractivity contribution in [1.29, 1.82) is 0 Å². The lowest BCUT2D eigenvalue weighted by Gasteiger charge is -2.20. The van der Waals surface area contributed by atoms with Crippen molar-refractivity contribution in [3.05, 3.63) is 54.1 Å². The van der Waals surface area contributed by atoms with Gasteiger partial charge in [0.15, 0.2) is 11.0 Å². The average Bonchev–Trinajstić information content (AvgIpc) is 3.15. The molecule has 0 aliphatic carbocycles. The first-order chi connectivity index (χ1) is 15.3. The van der Waals surface area contributed by atoms with E-state index in [0.29, 0.717) is 29.5 Å². The van der Waals surface area contributed by atoms with Crippen LogP contribution in [0.3, 0.4) is 0 Å². The second-order valence-electron chi connectivity index (χ2n) is 7.14. The number of carbonyl (C=O) groups excluding carboxylic acids is 1.